The van der Waals surface area contributed by atoms with Crippen LogP contribution in [0.4, 0.5) is 0 Å². The van der Waals surface area contributed by atoms with Gasteiger partial charge in [-0.3, -0.25) is 0 Å². The molecule has 0 unspecified atom stereocenters. The highest BCUT2D eigenvalue weighted by Gasteiger charge is 2.05. The van der Waals surface area contributed by atoms with Crippen LogP contribution in [0, 0.1) is 6.92 Å². The number of nitrogens with zero attached hydrogens (tertiary/aromatic N) is 2. The van der Waals surface area contributed by atoms with Crippen molar-refractivity contribution in [1.29, 1.82) is 0 Å². The Bertz CT molecular complexity index is 657. The number of aryl methyl sites for hydroxylation is 1. The molecule has 0 atom stereocenters. The SMILES string of the molecule is Cc1nc(CNCc2coc3ccccc23)no1. The van der Waals surface area contributed by atoms with Gasteiger partial charge in [0.2, 0.25) is 5.89 Å². The van der Waals surface area contributed by atoms with Crippen molar-refractivity contribution in [3.63, 3.8) is 0 Å². The van der Waals surface area contributed by atoms with Gasteiger partial charge in [0.25, 0.3) is 0 Å². The quantitative estimate of drug-likeness (QED) is 0.762. The standard InChI is InChI=1S/C13H13N3O2/c1-9-15-13(16-18-9)7-14-6-10-8-17-12-5-3-2-4-11(10)12/h2-5,8,14H,6-7H2,1H3. The molecule has 0 aliphatic rings. The minimum atomic E-state index is 0.580. The smallest absolute Gasteiger partial charge is 0.223 e. The van der Waals surface area contributed by atoms with Gasteiger partial charge >= 0.3 is 0 Å². The van der Waals surface area contributed by atoms with E-state index in [9.17, 15) is 0 Å². The molecule has 18 heavy (non-hydrogen) atoms. The number of fused-ring (bicyclic) bond motifs is 1. The lowest BCUT2D eigenvalue weighted by atomic mass is 10.2. The summed E-state index contributed by atoms with van der Waals surface area (Å²) in [6.45, 7) is 3.07. The molecular weight excluding hydrogens is 230 g/mol. The van der Waals surface area contributed by atoms with E-state index in [0.29, 0.717) is 24.8 Å². The van der Waals surface area contributed by atoms with Crippen molar-refractivity contribution >= 4 is 11.0 Å². The van der Waals surface area contributed by atoms with Crippen LogP contribution in [0.1, 0.15) is 17.3 Å². The number of benzene rings is 1. The molecule has 3 rings (SSSR count). The maximum atomic E-state index is 5.47. The largest absolute Gasteiger partial charge is 0.464 e. The normalized spacial score (nSPS) is 11.2. The zero-order valence-corrected chi connectivity index (χ0v) is 10.0. The van der Waals surface area contributed by atoms with Crippen LogP contribution >= 0.6 is 0 Å². The second-order valence-electron chi connectivity index (χ2n) is 4.09. The number of hydrogen-bond acceptors (Lipinski definition) is 5. The van der Waals surface area contributed by atoms with Crippen molar-refractivity contribution in [1.82, 2.24) is 15.5 Å². The molecule has 0 spiro atoms. The lowest BCUT2D eigenvalue weighted by molar-refractivity contribution is 0.385. The Hall–Kier alpha value is -2.14. The van der Waals surface area contributed by atoms with E-state index in [2.05, 4.69) is 15.5 Å². The number of aromatic nitrogens is 2. The molecule has 0 bridgehead atoms. The predicted molar refractivity (Wildman–Crippen MR) is 65.8 cm³/mol. The topological polar surface area (TPSA) is 64.1 Å². The van der Waals surface area contributed by atoms with Gasteiger partial charge in [0.15, 0.2) is 5.82 Å². The van der Waals surface area contributed by atoms with Crippen molar-refractivity contribution in [2.75, 3.05) is 0 Å². The molecule has 2 heterocycles. The molecule has 1 aromatic carbocycles. The van der Waals surface area contributed by atoms with Gasteiger partial charge in [0.05, 0.1) is 12.8 Å². The summed E-state index contributed by atoms with van der Waals surface area (Å²) < 4.78 is 10.4. The minimum absolute atomic E-state index is 0.580. The van der Waals surface area contributed by atoms with Gasteiger partial charge in [-0.15, -0.1) is 0 Å². The lowest BCUT2D eigenvalue weighted by Crippen LogP contribution is -2.13. The zero-order valence-electron chi connectivity index (χ0n) is 10.0. The van der Waals surface area contributed by atoms with E-state index in [1.54, 1.807) is 13.2 Å². The van der Waals surface area contributed by atoms with E-state index >= 15 is 0 Å². The Labute approximate surface area is 104 Å². The molecule has 0 aliphatic heterocycles. The highest BCUT2D eigenvalue weighted by molar-refractivity contribution is 5.80. The maximum Gasteiger partial charge on any atom is 0.223 e. The third-order valence-corrected chi connectivity index (χ3v) is 2.73. The monoisotopic (exact) mass is 243 g/mol. The highest BCUT2D eigenvalue weighted by atomic mass is 16.5. The number of nitrogens with one attached hydrogen (secondary N) is 1. The van der Waals surface area contributed by atoms with Crippen LogP contribution in [0.15, 0.2) is 39.5 Å². The fourth-order valence-corrected chi connectivity index (χ4v) is 1.89. The average molecular weight is 243 g/mol. The van der Waals surface area contributed by atoms with Crippen molar-refractivity contribution in [2.24, 2.45) is 0 Å². The molecule has 0 amide bonds. The summed E-state index contributed by atoms with van der Waals surface area (Å²) in [5.41, 5.74) is 2.04. The van der Waals surface area contributed by atoms with E-state index in [1.165, 1.54) is 0 Å². The molecule has 0 fully saturated rings. The molecule has 5 heteroatoms. The van der Waals surface area contributed by atoms with Crippen molar-refractivity contribution in [3.05, 3.63) is 47.8 Å². The Balaban J connectivity index is 1.66. The molecule has 0 saturated heterocycles. The highest BCUT2D eigenvalue weighted by Crippen LogP contribution is 2.20. The molecule has 5 nitrogen and oxygen atoms in total. The second kappa shape index (κ2) is 4.62. The van der Waals surface area contributed by atoms with Gasteiger partial charge in [-0.05, 0) is 6.07 Å². The third kappa shape index (κ3) is 2.12. The number of rotatable bonds is 4. The molecule has 0 radical (unpaired) electrons. The Morgan fingerprint density at radius 2 is 2.11 bits per heavy atom. The van der Waals surface area contributed by atoms with Gasteiger partial charge in [0.1, 0.15) is 5.58 Å². The van der Waals surface area contributed by atoms with E-state index in [4.69, 9.17) is 8.94 Å². The van der Waals surface area contributed by atoms with Gasteiger partial charge < -0.3 is 14.3 Å². The third-order valence-electron chi connectivity index (χ3n) is 2.73. The zero-order chi connectivity index (χ0) is 12.4. The number of hydrogen-bond donors (Lipinski definition) is 1. The van der Waals surface area contributed by atoms with Crippen LogP contribution in [0.5, 0.6) is 0 Å². The van der Waals surface area contributed by atoms with Crippen LogP contribution in [0.3, 0.4) is 0 Å². The van der Waals surface area contributed by atoms with Crippen molar-refractivity contribution in [2.45, 2.75) is 20.0 Å². The van der Waals surface area contributed by atoms with Crippen LogP contribution in [0.25, 0.3) is 11.0 Å². The molecule has 0 aliphatic carbocycles. The number of para-hydroxylation sites is 1. The summed E-state index contributed by atoms with van der Waals surface area (Å²) in [7, 11) is 0. The predicted octanol–water partition coefficient (Wildman–Crippen LogP) is 2.41. The van der Waals surface area contributed by atoms with Gasteiger partial charge in [0, 0.05) is 24.4 Å². The molecule has 3 aromatic rings. The van der Waals surface area contributed by atoms with E-state index < -0.39 is 0 Å². The first-order valence-corrected chi connectivity index (χ1v) is 5.78. The first-order valence-electron chi connectivity index (χ1n) is 5.78. The fourth-order valence-electron chi connectivity index (χ4n) is 1.89. The fraction of sp³-hybridized carbons (Fsp3) is 0.231. The van der Waals surface area contributed by atoms with Gasteiger partial charge in [-0.25, -0.2) is 0 Å². The van der Waals surface area contributed by atoms with Crippen LogP contribution in [0.2, 0.25) is 0 Å². The van der Waals surface area contributed by atoms with E-state index in [0.717, 1.165) is 16.5 Å². The maximum absolute atomic E-state index is 5.47. The lowest BCUT2D eigenvalue weighted by Gasteiger charge is -1.99. The van der Waals surface area contributed by atoms with Gasteiger partial charge in [-0.2, -0.15) is 4.98 Å². The second-order valence-corrected chi connectivity index (χ2v) is 4.09. The summed E-state index contributed by atoms with van der Waals surface area (Å²) in [5.74, 6) is 1.25. The van der Waals surface area contributed by atoms with E-state index in [1.807, 2.05) is 24.3 Å². The van der Waals surface area contributed by atoms with Crippen LogP contribution < -0.4 is 5.32 Å². The summed E-state index contributed by atoms with van der Waals surface area (Å²) in [6.07, 6.45) is 1.78. The first-order chi connectivity index (χ1) is 8.83. The van der Waals surface area contributed by atoms with Gasteiger partial charge in [-0.1, -0.05) is 23.4 Å². The summed E-state index contributed by atoms with van der Waals surface area (Å²) in [6, 6.07) is 7.98. The molecule has 1 N–H and O–H groups in total. The van der Waals surface area contributed by atoms with Crippen molar-refractivity contribution < 1.29 is 8.94 Å². The first kappa shape index (κ1) is 11.0. The molecule has 0 saturated carbocycles. The van der Waals surface area contributed by atoms with E-state index in [-0.39, 0.29) is 0 Å². The molecular formula is C13H13N3O2. The summed E-state index contributed by atoms with van der Waals surface area (Å²) >= 11 is 0. The summed E-state index contributed by atoms with van der Waals surface area (Å²) in [4.78, 5) is 4.13. The number of furan rings is 1. The summed E-state index contributed by atoms with van der Waals surface area (Å²) in [5, 5.41) is 8.22. The average Bonchev–Trinajstić information content (AvgIpc) is 2.97. The van der Waals surface area contributed by atoms with Crippen LogP contribution in [-0.4, -0.2) is 10.1 Å². The van der Waals surface area contributed by atoms with Crippen LogP contribution in [-0.2, 0) is 13.1 Å². The molecule has 92 valence electrons. The molecule has 2 aromatic heterocycles. The minimum Gasteiger partial charge on any atom is -0.464 e. The Morgan fingerprint density at radius 1 is 1.22 bits per heavy atom. The van der Waals surface area contributed by atoms with Crippen molar-refractivity contribution in [3.8, 4) is 0 Å². The Morgan fingerprint density at radius 3 is 2.94 bits per heavy atom. The Kier molecular flexibility index (Phi) is 2.82.